The molecule has 0 aromatic carbocycles. The molecule has 0 fully saturated rings. The van der Waals surface area contributed by atoms with Crippen LogP contribution >= 0.6 is 0 Å². The SMILES string of the molecule is CO[C@H](C=O)[C@@H](O)[C@H](O)C(O)CO. The highest BCUT2D eigenvalue weighted by molar-refractivity contribution is 5.57. The minimum Gasteiger partial charge on any atom is -0.394 e. The summed E-state index contributed by atoms with van der Waals surface area (Å²) >= 11 is 0. The monoisotopic (exact) mass is 194 g/mol. The molecule has 0 rings (SSSR count). The molecule has 0 radical (unpaired) electrons. The maximum Gasteiger partial charge on any atom is 0.151 e. The highest BCUT2D eigenvalue weighted by atomic mass is 16.5. The van der Waals surface area contributed by atoms with Gasteiger partial charge in [0.05, 0.1) is 6.61 Å². The van der Waals surface area contributed by atoms with E-state index in [4.69, 9.17) is 15.3 Å². The van der Waals surface area contributed by atoms with Crippen molar-refractivity contribution in [1.82, 2.24) is 0 Å². The minimum atomic E-state index is -1.61. The normalized spacial score (nSPS) is 20.4. The smallest absolute Gasteiger partial charge is 0.151 e. The molecule has 0 aromatic heterocycles. The average molecular weight is 194 g/mol. The number of aldehydes is 1. The number of hydrogen-bond acceptors (Lipinski definition) is 6. The standard InChI is InChI=1S/C7H14O6/c1-13-5(3-9)7(12)6(11)4(10)2-8/h3-8,10-12H,2H2,1H3/t4?,5-,6-,7-/m1/s1. The third kappa shape index (κ3) is 3.37. The summed E-state index contributed by atoms with van der Waals surface area (Å²) in [5.74, 6) is 0. The molecule has 13 heavy (non-hydrogen) atoms. The van der Waals surface area contributed by atoms with Gasteiger partial charge in [-0.25, -0.2) is 0 Å². The van der Waals surface area contributed by atoms with Gasteiger partial charge in [-0.15, -0.1) is 0 Å². The first-order chi connectivity index (χ1) is 6.08. The minimum absolute atomic E-state index is 0.304. The lowest BCUT2D eigenvalue weighted by atomic mass is 10.0. The van der Waals surface area contributed by atoms with Gasteiger partial charge in [-0.1, -0.05) is 0 Å². The summed E-state index contributed by atoms with van der Waals surface area (Å²) in [6.07, 6.45) is -5.56. The molecular weight excluding hydrogens is 180 g/mol. The summed E-state index contributed by atoms with van der Waals surface area (Å²) in [6, 6.07) is 0. The van der Waals surface area contributed by atoms with Crippen molar-refractivity contribution in [3.05, 3.63) is 0 Å². The Morgan fingerprint density at radius 1 is 1.31 bits per heavy atom. The average Bonchev–Trinajstić information content (AvgIpc) is 2.17. The largest absolute Gasteiger partial charge is 0.394 e. The third-order valence-corrected chi connectivity index (χ3v) is 1.67. The van der Waals surface area contributed by atoms with Crippen LogP contribution in [0.4, 0.5) is 0 Å². The Hall–Kier alpha value is -0.530. The molecule has 6 heteroatoms. The van der Waals surface area contributed by atoms with Gasteiger partial charge >= 0.3 is 0 Å². The Balaban J connectivity index is 4.21. The van der Waals surface area contributed by atoms with Gasteiger partial charge in [0.1, 0.15) is 24.4 Å². The summed E-state index contributed by atoms with van der Waals surface area (Å²) in [5, 5.41) is 35.7. The van der Waals surface area contributed by atoms with E-state index in [1.165, 1.54) is 7.11 Å². The van der Waals surface area contributed by atoms with Crippen molar-refractivity contribution in [2.24, 2.45) is 0 Å². The van der Waals surface area contributed by atoms with E-state index in [-0.39, 0.29) is 0 Å². The first-order valence-corrected chi connectivity index (χ1v) is 3.71. The Morgan fingerprint density at radius 3 is 2.15 bits per heavy atom. The number of hydrogen-bond donors (Lipinski definition) is 4. The Morgan fingerprint density at radius 2 is 1.85 bits per heavy atom. The van der Waals surface area contributed by atoms with Crippen molar-refractivity contribution in [3.63, 3.8) is 0 Å². The highest BCUT2D eigenvalue weighted by Crippen LogP contribution is 2.05. The van der Waals surface area contributed by atoms with E-state index in [9.17, 15) is 9.90 Å². The Kier molecular flexibility index (Phi) is 5.76. The lowest BCUT2D eigenvalue weighted by Crippen LogP contribution is -2.47. The second-order valence-corrected chi connectivity index (χ2v) is 2.57. The van der Waals surface area contributed by atoms with Crippen LogP contribution < -0.4 is 0 Å². The topological polar surface area (TPSA) is 107 Å². The maximum absolute atomic E-state index is 10.3. The molecule has 4 N–H and O–H groups in total. The van der Waals surface area contributed by atoms with Crippen molar-refractivity contribution in [1.29, 1.82) is 0 Å². The van der Waals surface area contributed by atoms with E-state index in [0.29, 0.717) is 6.29 Å². The molecule has 0 saturated carbocycles. The van der Waals surface area contributed by atoms with Gasteiger partial charge in [0.25, 0.3) is 0 Å². The van der Waals surface area contributed by atoms with Gasteiger partial charge in [-0.05, 0) is 0 Å². The number of rotatable bonds is 6. The quantitative estimate of drug-likeness (QED) is 0.342. The van der Waals surface area contributed by atoms with Crippen LogP contribution in [-0.2, 0) is 9.53 Å². The van der Waals surface area contributed by atoms with E-state index < -0.39 is 31.0 Å². The van der Waals surface area contributed by atoms with Crippen molar-refractivity contribution in [3.8, 4) is 0 Å². The zero-order valence-electron chi connectivity index (χ0n) is 7.20. The highest BCUT2D eigenvalue weighted by Gasteiger charge is 2.30. The molecule has 0 saturated heterocycles. The van der Waals surface area contributed by atoms with Crippen molar-refractivity contribution in [2.45, 2.75) is 24.4 Å². The predicted molar refractivity (Wildman–Crippen MR) is 42.0 cm³/mol. The van der Waals surface area contributed by atoms with Crippen molar-refractivity contribution >= 4 is 6.29 Å². The molecular formula is C7H14O6. The van der Waals surface area contributed by atoms with E-state index in [1.807, 2.05) is 0 Å². The van der Waals surface area contributed by atoms with Gasteiger partial charge < -0.3 is 30.0 Å². The molecule has 0 aliphatic carbocycles. The van der Waals surface area contributed by atoms with Gasteiger partial charge in [0.15, 0.2) is 6.29 Å². The van der Waals surface area contributed by atoms with Crippen LogP contribution in [0.1, 0.15) is 0 Å². The molecule has 0 aliphatic heterocycles. The Labute approximate surface area is 75.4 Å². The third-order valence-electron chi connectivity index (χ3n) is 1.67. The van der Waals surface area contributed by atoms with E-state index in [2.05, 4.69) is 4.74 Å². The van der Waals surface area contributed by atoms with Crippen LogP contribution in [-0.4, -0.2) is 64.8 Å². The summed E-state index contributed by atoms with van der Waals surface area (Å²) in [6.45, 7) is -0.701. The van der Waals surface area contributed by atoms with E-state index >= 15 is 0 Å². The maximum atomic E-state index is 10.3. The molecule has 0 bridgehead atoms. The van der Waals surface area contributed by atoms with Crippen molar-refractivity contribution < 1.29 is 30.0 Å². The van der Waals surface area contributed by atoms with Gasteiger partial charge in [-0.3, -0.25) is 0 Å². The molecule has 0 amide bonds. The van der Waals surface area contributed by atoms with Crippen LogP contribution in [0.25, 0.3) is 0 Å². The number of aliphatic hydroxyl groups excluding tert-OH is 4. The Bertz CT molecular complexity index is 150. The van der Waals surface area contributed by atoms with Gasteiger partial charge in [0.2, 0.25) is 0 Å². The van der Waals surface area contributed by atoms with Crippen molar-refractivity contribution in [2.75, 3.05) is 13.7 Å². The van der Waals surface area contributed by atoms with Crippen LogP contribution in [0.15, 0.2) is 0 Å². The number of carbonyl (C=O) groups excluding carboxylic acids is 1. The number of carbonyl (C=O) groups is 1. The summed E-state index contributed by atoms with van der Waals surface area (Å²) in [4.78, 5) is 10.3. The van der Waals surface area contributed by atoms with Gasteiger partial charge in [0, 0.05) is 7.11 Å². The molecule has 4 atom stereocenters. The number of aliphatic hydroxyl groups is 4. The van der Waals surface area contributed by atoms with Gasteiger partial charge in [-0.2, -0.15) is 0 Å². The number of methoxy groups -OCH3 is 1. The zero-order chi connectivity index (χ0) is 10.4. The molecule has 78 valence electrons. The molecule has 0 aromatic rings. The van der Waals surface area contributed by atoms with Crippen LogP contribution in [0.2, 0.25) is 0 Å². The fourth-order valence-electron chi connectivity index (χ4n) is 0.805. The summed E-state index contributed by atoms with van der Waals surface area (Å²) < 4.78 is 4.51. The molecule has 1 unspecified atom stereocenters. The summed E-state index contributed by atoms with van der Waals surface area (Å²) in [7, 11) is 1.18. The zero-order valence-corrected chi connectivity index (χ0v) is 7.20. The second-order valence-electron chi connectivity index (χ2n) is 2.57. The fourth-order valence-corrected chi connectivity index (χ4v) is 0.805. The predicted octanol–water partition coefficient (Wildman–Crippen LogP) is -2.72. The van der Waals surface area contributed by atoms with Crippen LogP contribution in [0.3, 0.4) is 0 Å². The van der Waals surface area contributed by atoms with Crippen LogP contribution in [0, 0.1) is 0 Å². The first-order valence-electron chi connectivity index (χ1n) is 3.71. The summed E-state index contributed by atoms with van der Waals surface area (Å²) in [5.41, 5.74) is 0. The first kappa shape index (κ1) is 12.5. The molecule has 0 heterocycles. The molecule has 0 aliphatic rings. The fraction of sp³-hybridized carbons (Fsp3) is 0.857. The van der Waals surface area contributed by atoms with Crippen LogP contribution in [0.5, 0.6) is 0 Å². The molecule has 6 nitrogen and oxygen atoms in total. The van der Waals surface area contributed by atoms with E-state index in [1.54, 1.807) is 0 Å². The second kappa shape index (κ2) is 6.01. The van der Waals surface area contributed by atoms with E-state index in [0.717, 1.165) is 0 Å². The lowest BCUT2D eigenvalue weighted by molar-refractivity contribution is -0.141. The molecule has 0 spiro atoms. The lowest BCUT2D eigenvalue weighted by Gasteiger charge is -2.24. The number of ether oxygens (including phenoxy) is 1.